The summed E-state index contributed by atoms with van der Waals surface area (Å²) in [5.41, 5.74) is 2.20. The number of nitrogens with one attached hydrogen (secondary N) is 1. The van der Waals surface area contributed by atoms with Crippen molar-refractivity contribution in [2.75, 3.05) is 24.5 Å². The van der Waals surface area contributed by atoms with Crippen molar-refractivity contribution in [3.05, 3.63) is 28.2 Å². The van der Waals surface area contributed by atoms with Gasteiger partial charge in [-0.2, -0.15) is 10.2 Å². The molecule has 0 radical (unpaired) electrons. The van der Waals surface area contributed by atoms with Crippen LogP contribution in [0.25, 0.3) is 21.7 Å². The number of thiazole rings is 1. The maximum atomic E-state index is 9.52. The van der Waals surface area contributed by atoms with Crippen LogP contribution in [0.1, 0.15) is 12.5 Å². The summed E-state index contributed by atoms with van der Waals surface area (Å²) in [4.78, 5) is 11.1. The molecule has 1 atom stereocenters. The molecular weight excluding hydrogens is 346 g/mol. The molecule has 0 saturated carbocycles. The van der Waals surface area contributed by atoms with Crippen LogP contribution in [0.2, 0.25) is 5.02 Å². The fourth-order valence-electron chi connectivity index (χ4n) is 2.93. The molecule has 0 amide bonds. The molecule has 1 aromatic carbocycles. The number of aromatic nitrogens is 2. The van der Waals surface area contributed by atoms with Gasteiger partial charge in [0.05, 0.1) is 16.1 Å². The third kappa shape index (κ3) is 2.44. The van der Waals surface area contributed by atoms with Crippen LogP contribution in [0.3, 0.4) is 0 Å². The number of anilines is 1. The Morgan fingerprint density at radius 1 is 1.54 bits per heavy atom. The van der Waals surface area contributed by atoms with Crippen molar-refractivity contribution >= 4 is 40.1 Å². The number of halogens is 1. The number of piperazine rings is 1. The fraction of sp³-hybridized carbons (Fsp3) is 0.312. The van der Waals surface area contributed by atoms with Gasteiger partial charge >= 0.3 is 0 Å². The molecule has 1 N–H and O–H groups in total. The average Bonchev–Trinajstić information content (AvgIpc) is 3.23. The quantitative estimate of drug-likeness (QED) is 0.756. The van der Waals surface area contributed by atoms with Crippen LogP contribution >= 0.6 is 22.9 Å². The summed E-state index contributed by atoms with van der Waals surface area (Å²) in [6.07, 6.45) is 1.70. The Hall–Kier alpha value is -2.14. The van der Waals surface area contributed by atoms with Gasteiger partial charge < -0.3 is 14.6 Å². The van der Waals surface area contributed by atoms with Crippen LogP contribution in [0.15, 0.2) is 22.1 Å². The second kappa shape index (κ2) is 6.06. The normalized spacial score (nSPS) is 18.0. The summed E-state index contributed by atoms with van der Waals surface area (Å²) in [6.45, 7) is 4.70. The summed E-state index contributed by atoms with van der Waals surface area (Å²) in [7, 11) is 0. The molecule has 2 aromatic heterocycles. The molecule has 6 nitrogen and oxygen atoms in total. The Morgan fingerprint density at radius 2 is 2.42 bits per heavy atom. The minimum absolute atomic E-state index is 0.279. The van der Waals surface area contributed by atoms with Gasteiger partial charge in [-0.1, -0.05) is 11.6 Å². The third-order valence-corrected chi connectivity index (χ3v) is 5.22. The fourth-order valence-corrected chi connectivity index (χ4v) is 3.86. The average molecular weight is 360 g/mol. The van der Waals surface area contributed by atoms with Crippen LogP contribution in [0.5, 0.6) is 0 Å². The van der Waals surface area contributed by atoms with E-state index in [2.05, 4.69) is 33.2 Å². The Kier molecular flexibility index (Phi) is 3.88. The SMILES string of the molecule is C[C@H]1CNCCN1c1nc2cc(Cl)c(C#N)c(-c3nccs3)c2o1. The first-order chi connectivity index (χ1) is 11.7. The molecule has 0 spiro atoms. The molecule has 1 fully saturated rings. The summed E-state index contributed by atoms with van der Waals surface area (Å²) in [5, 5.41) is 15.8. The van der Waals surface area contributed by atoms with E-state index in [4.69, 9.17) is 16.0 Å². The number of benzene rings is 1. The van der Waals surface area contributed by atoms with E-state index in [1.165, 1.54) is 11.3 Å². The minimum atomic E-state index is 0.279. The lowest BCUT2D eigenvalue weighted by Crippen LogP contribution is -2.50. The maximum Gasteiger partial charge on any atom is 0.298 e. The van der Waals surface area contributed by atoms with E-state index >= 15 is 0 Å². The van der Waals surface area contributed by atoms with Gasteiger partial charge in [0.15, 0.2) is 5.58 Å². The number of oxazole rings is 1. The molecule has 0 aliphatic carbocycles. The predicted octanol–water partition coefficient (Wildman–Crippen LogP) is 3.27. The van der Waals surface area contributed by atoms with Crippen molar-refractivity contribution in [2.24, 2.45) is 0 Å². The van der Waals surface area contributed by atoms with Crippen molar-refractivity contribution in [3.8, 4) is 16.6 Å². The molecule has 0 bridgehead atoms. The molecule has 1 aliphatic heterocycles. The van der Waals surface area contributed by atoms with E-state index in [0.29, 0.717) is 38.3 Å². The largest absolute Gasteiger partial charge is 0.423 e. The Balaban J connectivity index is 1.93. The number of hydrogen-bond donors (Lipinski definition) is 1. The van der Waals surface area contributed by atoms with E-state index in [1.54, 1.807) is 12.3 Å². The lowest BCUT2D eigenvalue weighted by Gasteiger charge is -2.32. The monoisotopic (exact) mass is 359 g/mol. The first-order valence-corrected chi connectivity index (χ1v) is 8.85. The Morgan fingerprint density at radius 3 is 3.12 bits per heavy atom. The summed E-state index contributed by atoms with van der Waals surface area (Å²) in [6, 6.07) is 4.69. The zero-order valence-electron chi connectivity index (χ0n) is 12.9. The molecule has 4 rings (SSSR count). The maximum absolute atomic E-state index is 9.52. The van der Waals surface area contributed by atoms with Gasteiger partial charge in [-0.25, -0.2) is 4.98 Å². The van der Waals surface area contributed by atoms with Crippen molar-refractivity contribution in [1.82, 2.24) is 15.3 Å². The van der Waals surface area contributed by atoms with Gasteiger partial charge in [0, 0.05) is 37.3 Å². The van der Waals surface area contributed by atoms with Gasteiger partial charge in [0.2, 0.25) is 0 Å². The lowest BCUT2D eigenvalue weighted by molar-refractivity contribution is 0.456. The Labute approximate surface area is 147 Å². The van der Waals surface area contributed by atoms with E-state index in [-0.39, 0.29) is 6.04 Å². The summed E-state index contributed by atoms with van der Waals surface area (Å²) < 4.78 is 6.07. The van der Waals surface area contributed by atoms with Crippen LogP contribution in [0.4, 0.5) is 6.01 Å². The molecule has 3 heterocycles. The van der Waals surface area contributed by atoms with Gasteiger partial charge in [-0.15, -0.1) is 11.3 Å². The minimum Gasteiger partial charge on any atom is -0.423 e. The van der Waals surface area contributed by atoms with E-state index in [9.17, 15) is 5.26 Å². The van der Waals surface area contributed by atoms with Crippen molar-refractivity contribution in [2.45, 2.75) is 13.0 Å². The molecule has 1 aliphatic rings. The highest BCUT2D eigenvalue weighted by molar-refractivity contribution is 7.13. The summed E-state index contributed by atoms with van der Waals surface area (Å²) in [5.74, 6) is 0. The number of fused-ring (bicyclic) bond motifs is 1. The first kappa shape index (κ1) is 15.4. The number of nitriles is 1. The number of hydrogen-bond acceptors (Lipinski definition) is 7. The Bertz CT molecular complexity index is 930. The van der Waals surface area contributed by atoms with Crippen LogP contribution in [-0.4, -0.2) is 35.6 Å². The number of nitrogens with zero attached hydrogens (tertiary/aromatic N) is 4. The molecule has 8 heteroatoms. The first-order valence-electron chi connectivity index (χ1n) is 7.59. The zero-order valence-corrected chi connectivity index (χ0v) is 14.5. The molecule has 3 aromatic rings. The van der Waals surface area contributed by atoms with E-state index in [1.807, 2.05) is 5.38 Å². The smallest absolute Gasteiger partial charge is 0.298 e. The highest BCUT2D eigenvalue weighted by Crippen LogP contribution is 2.39. The van der Waals surface area contributed by atoms with Gasteiger partial charge in [-0.3, -0.25) is 0 Å². The van der Waals surface area contributed by atoms with E-state index in [0.717, 1.165) is 19.6 Å². The van der Waals surface area contributed by atoms with Crippen LogP contribution in [-0.2, 0) is 0 Å². The predicted molar refractivity (Wildman–Crippen MR) is 94.5 cm³/mol. The van der Waals surface area contributed by atoms with Gasteiger partial charge in [-0.05, 0) is 13.0 Å². The summed E-state index contributed by atoms with van der Waals surface area (Å²) >= 11 is 7.74. The topological polar surface area (TPSA) is 78.0 Å². The highest BCUT2D eigenvalue weighted by atomic mass is 35.5. The lowest BCUT2D eigenvalue weighted by atomic mass is 10.1. The van der Waals surface area contributed by atoms with Crippen LogP contribution < -0.4 is 10.2 Å². The van der Waals surface area contributed by atoms with Gasteiger partial charge in [0.25, 0.3) is 6.01 Å². The molecule has 1 saturated heterocycles. The van der Waals surface area contributed by atoms with E-state index < -0.39 is 0 Å². The zero-order chi connectivity index (χ0) is 16.7. The van der Waals surface area contributed by atoms with Crippen molar-refractivity contribution < 1.29 is 4.42 Å². The van der Waals surface area contributed by atoms with Gasteiger partial charge in [0.1, 0.15) is 16.6 Å². The standard InChI is InChI=1S/C16H14ClN5OS/c1-9-8-19-2-4-22(9)16-21-12-6-11(17)10(7-18)13(14(12)23-16)15-20-3-5-24-15/h3,5-6,9,19H,2,4,8H2,1H3/t9-/m0/s1. The van der Waals surface area contributed by atoms with Crippen LogP contribution in [0, 0.1) is 11.3 Å². The second-order valence-electron chi connectivity index (χ2n) is 5.65. The third-order valence-electron chi connectivity index (χ3n) is 4.13. The van der Waals surface area contributed by atoms with Crippen molar-refractivity contribution in [1.29, 1.82) is 5.26 Å². The molecular formula is C16H14ClN5OS. The van der Waals surface area contributed by atoms with Crippen molar-refractivity contribution in [3.63, 3.8) is 0 Å². The second-order valence-corrected chi connectivity index (χ2v) is 6.95. The molecule has 122 valence electrons. The number of rotatable bonds is 2. The highest BCUT2D eigenvalue weighted by Gasteiger charge is 2.26. The molecule has 24 heavy (non-hydrogen) atoms. The molecule has 0 unspecified atom stereocenters.